The second-order valence-electron chi connectivity index (χ2n) is 20.6. The maximum absolute atomic E-state index is 12.9. The van der Waals surface area contributed by atoms with Crippen molar-refractivity contribution in [1.29, 1.82) is 0 Å². The molecule has 0 aromatic carbocycles. The molecule has 0 spiro atoms. The Morgan fingerprint density at radius 2 is 0.857 bits per heavy atom. The van der Waals surface area contributed by atoms with Crippen LogP contribution in [0.25, 0.3) is 0 Å². The fourth-order valence-corrected chi connectivity index (χ4v) is 8.84. The van der Waals surface area contributed by atoms with E-state index in [0.717, 1.165) is 77.0 Å². The van der Waals surface area contributed by atoms with E-state index in [2.05, 4.69) is 92.1 Å². The third-order valence-electron chi connectivity index (χ3n) is 12.6. The fraction of sp³-hybridized carbons (Fsp3) is 0.754. The molecule has 0 saturated heterocycles. The summed E-state index contributed by atoms with van der Waals surface area (Å²) in [7, 11) is 1.57. The summed E-state index contributed by atoms with van der Waals surface area (Å²) in [6, 6.07) is -0.847. The summed E-state index contributed by atoms with van der Waals surface area (Å²) in [5.74, 6) is -0.179. The van der Waals surface area contributed by atoms with Crippen molar-refractivity contribution in [2.45, 2.75) is 257 Å². The van der Waals surface area contributed by atoms with Crippen LogP contribution in [-0.4, -0.2) is 73.4 Å². The maximum atomic E-state index is 12.9. The van der Waals surface area contributed by atoms with Gasteiger partial charge in [-0.05, 0) is 70.6 Å². The van der Waals surface area contributed by atoms with Crippen LogP contribution in [0, 0.1) is 0 Å². The second-order valence-corrected chi connectivity index (χ2v) is 22.1. The number of likely N-dealkylation sites (N-methyl/N-ethyl adjacent to an activating group) is 1. The molecule has 9 heteroatoms. The lowest BCUT2D eigenvalue weighted by Crippen LogP contribution is -2.45. The van der Waals surface area contributed by atoms with E-state index in [1.54, 1.807) is 6.08 Å². The van der Waals surface area contributed by atoms with Gasteiger partial charge >= 0.3 is 7.82 Å². The molecule has 0 bridgehead atoms. The zero-order valence-electron chi connectivity index (χ0n) is 46.2. The lowest BCUT2D eigenvalue weighted by molar-refractivity contribution is -0.870. The van der Waals surface area contributed by atoms with E-state index in [1.165, 1.54) is 148 Å². The van der Waals surface area contributed by atoms with Gasteiger partial charge in [0.15, 0.2) is 0 Å². The smallest absolute Gasteiger partial charge is 0.387 e. The zero-order valence-corrected chi connectivity index (χ0v) is 47.1. The highest BCUT2D eigenvalue weighted by Crippen LogP contribution is 2.43. The minimum atomic E-state index is -4.34. The highest BCUT2D eigenvalue weighted by molar-refractivity contribution is 7.47. The Morgan fingerprint density at radius 3 is 1.26 bits per heavy atom. The van der Waals surface area contributed by atoms with Gasteiger partial charge in [0.05, 0.1) is 39.9 Å². The van der Waals surface area contributed by atoms with Gasteiger partial charge in [0.1, 0.15) is 13.2 Å². The number of hydrogen-bond acceptors (Lipinski definition) is 5. The van der Waals surface area contributed by atoms with Gasteiger partial charge in [-0.15, -0.1) is 0 Å². The van der Waals surface area contributed by atoms with Crippen molar-refractivity contribution in [3.8, 4) is 0 Å². The number of carbonyl (C=O) groups excluding carboxylic acids is 1. The number of amides is 1. The van der Waals surface area contributed by atoms with E-state index in [9.17, 15) is 19.4 Å². The molecule has 0 aliphatic carbocycles. The Morgan fingerprint density at radius 1 is 0.500 bits per heavy atom. The molecule has 0 aliphatic heterocycles. The summed E-state index contributed by atoms with van der Waals surface area (Å²) in [6.07, 6.45) is 72.7. The molecule has 1 amide bonds. The quantitative estimate of drug-likeness (QED) is 0.0243. The minimum absolute atomic E-state index is 0.0601. The third kappa shape index (κ3) is 53.5. The van der Waals surface area contributed by atoms with Crippen LogP contribution in [0.3, 0.4) is 0 Å². The number of hydrogen-bond donors (Lipinski definition) is 3. The fourth-order valence-electron chi connectivity index (χ4n) is 8.10. The highest BCUT2D eigenvalue weighted by atomic mass is 31.2. The molecule has 0 saturated carbocycles. The first kappa shape index (κ1) is 67.7. The third-order valence-corrected chi connectivity index (χ3v) is 13.6. The highest BCUT2D eigenvalue weighted by Gasteiger charge is 2.27. The number of nitrogens with one attached hydrogen (secondary N) is 1. The Kier molecular flexibility index (Phi) is 49.9. The van der Waals surface area contributed by atoms with Crippen LogP contribution < -0.4 is 5.32 Å². The predicted molar refractivity (Wildman–Crippen MR) is 304 cm³/mol. The van der Waals surface area contributed by atoms with Gasteiger partial charge in [-0.3, -0.25) is 13.8 Å². The van der Waals surface area contributed by atoms with Gasteiger partial charge in [-0.1, -0.05) is 253 Å². The van der Waals surface area contributed by atoms with E-state index in [-0.39, 0.29) is 19.1 Å². The van der Waals surface area contributed by atoms with Crippen molar-refractivity contribution in [3.63, 3.8) is 0 Å². The number of unbranched alkanes of at least 4 members (excludes halogenated alkanes) is 27. The number of aliphatic hydroxyl groups is 1. The van der Waals surface area contributed by atoms with Crippen LogP contribution in [0.2, 0.25) is 0 Å². The molecule has 70 heavy (non-hydrogen) atoms. The molecule has 0 aromatic heterocycles. The molecule has 406 valence electrons. The van der Waals surface area contributed by atoms with Crippen LogP contribution in [0.5, 0.6) is 0 Å². The van der Waals surface area contributed by atoms with Crippen molar-refractivity contribution in [2.24, 2.45) is 0 Å². The molecular weight excluding hydrogens is 888 g/mol. The Labute approximate surface area is 433 Å². The van der Waals surface area contributed by atoms with Crippen LogP contribution in [-0.2, 0) is 18.4 Å². The van der Waals surface area contributed by atoms with E-state index in [0.29, 0.717) is 17.4 Å². The van der Waals surface area contributed by atoms with E-state index < -0.39 is 20.0 Å². The first-order valence-electron chi connectivity index (χ1n) is 29.0. The molecule has 0 radical (unpaired) electrons. The van der Waals surface area contributed by atoms with E-state index >= 15 is 0 Å². The number of phosphoric acid groups is 1. The standard InChI is InChI=1S/C61H111N2O6P/c1-6-8-10-12-14-16-18-19-20-21-22-23-24-25-26-27-28-29-30-31-32-33-34-35-36-37-38-39-40-41-42-43-45-47-49-51-53-55-61(65)62-59(58-69-70(66,67)68-57-56-63(3,4)5)60(64)54-52-50-48-46-44-17-15-13-11-9-7-2/h8,10,14,16,19-20,22-23,25-26,28-29,52,54,59-60,64H,6-7,9,11-13,15,17-18,21,24,27,30-51,53,55-58H2,1-5H3,(H-,62,65,66,67)/p+1/b10-8-,16-14-,20-19-,23-22-,26-25-,29-28-,54-52+. The summed E-state index contributed by atoms with van der Waals surface area (Å²) >= 11 is 0. The Balaban J connectivity index is 3.95. The van der Waals surface area contributed by atoms with Gasteiger partial charge < -0.3 is 19.8 Å². The maximum Gasteiger partial charge on any atom is 0.472 e. The molecule has 8 nitrogen and oxygen atoms in total. The number of nitrogens with zero attached hydrogens (tertiary/aromatic N) is 1. The van der Waals surface area contributed by atoms with Gasteiger partial charge in [-0.25, -0.2) is 4.57 Å². The monoisotopic (exact) mass is 1000 g/mol. The Bertz CT molecular complexity index is 1410. The minimum Gasteiger partial charge on any atom is -0.387 e. The molecule has 0 aromatic rings. The SMILES string of the molecule is CC/C=C\C/C=C\C/C=C\C/C=C\C/C=C\C/C=C\CCCCCCCCCCCCCCCCCCCCC(=O)NC(COP(=O)(O)OCC[N+](C)(C)C)C(O)/C=C/CCCCCCCCCCC. The number of aliphatic hydroxyl groups excluding tert-OH is 1. The number of phosphoric ester groups is 1. The largest absolute Gasteiger partial charge is 0.472 e. The average molecular weight is 1000 g/mol. The molecule has 3 atom stereocenters. The van der Waals surface area contributed by atoms with E-state index in [1.807, 2.05) is 27.2 Å². The molecule has 0 heterocycles. The van der Waals surface area contributed by atoms with Crippen LogP contribution >= 0.6 is 7.82 Å². The topological polar surface area (TPSA) is 105 Å². The predicted octanol–water partition coefficient (Wildman–Crippen LogP) is 17.6. The molecular formula is C61H112N2O6P+. The second kappa shape index (κ2) is 51.6. The van der Waals surface area contributed by atoms with E-state index in [4.69, 9.17) is 9.05 Å². The first-order chi connectivity index (χ1) is 34.0. The average Bonchev–Trinajstić information content (AvgIpc) is 3.32. The number of carbonyl (C=O) groups is 1. The van der Waals surface area contributed by atoms with Gasteiger partial charge in [-0.2, -0.15) is 0 Å². The van der Waals surface area contributed by atoms with Crippen molar-refractivity contribution < 1.29 is 32.9 Å². The molecule has 0 fully saturated rings. The summed E-state index contributed by atoms with van der Waals surface area (Å²) in [5.41, 5.74) is 0. The summed E-state index contributed by atoms with van der Waals surface area (Å²) in [6.45, 7) is 4.69. The first-order valence-corrected chi connectivity index (χ1v) is 30.5. The number of rotatable bonds is 52. The summed E-state index contributed by atoms with van der Waals surface area (Å²) < 4.78 is 23.6. The molecule has 3 N–H and O–H groups in total. The van der Waals surface area contributed by atoms with Gasteiger partial charge in [0.25, 0.3) is 0 Å². The lowest BCUT2D eigenvalue weighted by Gasteiger charge is -2.25. The van der Waals surface area contributed by atoms with Gasteiger partial charge in [0, 0.05) is 6.42 Å². The molecule has 0 rings (SSSR count). The van der Waals surface area contributed by atoms with Crippen molar-refractivity contribution in [1.82, 2.24) is 5.32 Å². The van der Waals surface area contributed by atoms with Crippen molar-refractivity contribution in [3.05, 3.63) is 85.1 Å². The Hall–Kier alpha value is -2.32. The van der Waals surface area contributed by atoms with Crippen LogP contribution in [0.4, 0.5) is 0 Å². The van der Waals surface area contributed by atoms with Gasteiger partial charge in [0.2, 0.25) is 5.91 Å². The van der Waals surface area contributed by atoms with Crippen molar-refractivity contribution >= 4 is 13.7 Å². The van der Waals surface area contributed by atoms with Crippen LogP contribution in [0.15, 0.2) is 85.1 Å². The summed E-state index contributed by atoms with van der Waals surface area (Å²) in [5, 5.41) is 13.9. The molecule has 3 unspecified atom stereocenters. The van der Waals surface area contributed by atoms with Crippen molar-refractivity contribution in [2.75, 3.05) is 40.9 Å². The lowest BCUT2D eigenvalue weighted by atomic mass is 10.0. The summed E-state index contributed by atoms with van der Waals surface area (Å²) in [4.78, 5) is 23.2. The normalized spacial score (nSPS) is 14.6. The van der Waals surface area contributed by atoms with Crippen LogP contribution in [0.1, 0.15) is 245 Å². The molecule has 0 aliphatic rings. The number of allylic oxidation sites excluding steroid dienone is 13. The number of quaternary nitrogens is 1. The zero-order chi connectivity index (χ0) is 51.3.